The quantitative estimate of drug-likeness (QED) is 0.312. The summed E-state index contributed by atoms with van der Waals surface area (Å²) in [5.41, 5.74) is 3.19. The summed E-state index contributed by atoms with van der Waals surface area (Å²) in [5.74, 6) is 2.80. The van der Waals surface area contributed by atoms with Gasteiger partial charge in [0.2, 0.25) is 0 Å². The summed E-state index contributed by atoms with van der Waals surface area (Å²) in [6.45, 7) is 1.88. The molecule has 0 atom stereocenters. The van der Waals surface area contributed by atoms with Crippen LogP contribution in [0.2, 0.25) is 5.02 Å². The molecule has 3 aromatic rings. The van der Waals surface area contributed by atoms with Crippen LogP contribution in [-0.4, -0.2) is 27.9 Å². The molecule has 1 N–H and O–H groups in total. The van der Waals surface area contributed by atoms with Gasteiger partial charge in [-0.3, -0.25) is 0 Å². The number of ether oxygens (including phenoxy) is 4. The molecule has 0 radical (unpaired) electrons. The van der Waals surface area contributed by atoms with Crippen LogP contribution in [0.1, 0.15) is 16.7 Å². The topological polar surface area (TPSA) is 49.0 Å². The molecule has 3 aromatic carbocycles. The van der Waals surface area contributed by atoms with Gasteiger partial charge in [-0.1, -0.05) is 35.9 Å². The summed E-state index contributed by atoms with van der Waals surface area (Å²) in [4.78, 5) is 0. The second-order valence-electron chi connectivity index (χ2n) is 7.11. The molecule has 0 amide bonds. The van der Waals surface area contributed by atoms with Gasteiger partial charge in [0.15, 0.2) is 23.0 Å². The highest BCUT2D eigenvalue weighted by Gasteiger charge is 2.13. The Kier molecular flexibility index (Phi) is 9.09. The SMILES string of the molecule is COc1ccc(CCNCc2cc(Br)c(OCc3ccccc3Cl)c(OC)c2)cc1OC. The van der Waals surface area contributed by atoms with Crippen molar-refractivity contribution in [1.82, 2.24) is 5.32 Å². The van der Waals surface area contributed by atoms with Crippen molar-refractivity contribution in [2.75, 3.05) is 27.9 Å². The Morgan fingerprint density at radius 1 is 0.844 bits per heavy atom. The van der Waals surface area contributed by atoms with Crippen molar-refractivity contribution in [2.45, 2.75) is 19.6 Å². The first kappa shape index (κ1) is 24.2. The van der Waals surface area contributed by atoms with Crippen molar-refractivity contribution < 1.29 is 18.9 Å². The molecule has 0 aliphatic rings. The third-order valence-corrected chi connectivity index (χ3v) is 5.94. The van der Waals surface area contributed by atoms with Crippen molar-refractivity contribution in [3.8, 4) is 23.0 Å². The van der Waals surface area contributed by atoms with E-state index < -0.39 is 0 Å². The molecule has 0 unspecified atom stereocenters. The molecule has 0 saturated carbocycles. The lowest BCUT2D eigenvalue weighted by Gasteiger charge is -2.15. The molecule has 3 rings (SSSR count). The standard InChI is InChI=1S/C25H27BrClNO4/c1-29-22-9-8-17(13-23(22)30-2)10-11-28-15-18-12-20(26)25(24(14-18)31-3)32-16-19-6-4-5-7-21(19)27/h4-9,12-14,28H,10-11,15-16H2,1-3H3. The summed E-state index contributed by atoms with van der Waals surface area (Å²) in [6.07, 6.45) is 0.873. The van der Waals surface area contributed by atoms with Crippen LogP contribution in [-0.2, 0) is 19.6 Å². The molecule has 0 saturated heterocycles. The van der Waals surface area contributed by atoms with Gasteiger partial charge in [0.25, 0.3) is 0 Å². The number of methoxy groups -OCH3 is 3. The lowest BCUT2D eigenvalue weighted by molar-refractivity contribution is 0.282. The van der Waals surface area contributed by atoms with Crippen molar-refractivity contribution in [1.29, 1.82) is 0 Å². The van der Waals surface area contributed by atoms with Crippen LogP contribution in [0.5, 0.6) is 23.0 Å². The summed E-state index contributed by atoms with van der Waals surface area (Å²) in [6, 6.07) is 17.6. The Bertz CT molecular complexity index is 1040. The van der Waals surface area contributed by atoms with Gasteiger partial charge in [-0.25, -0.2) is 0 Å². The maximum atomic E-state index is 6.23. The van der Waals surface area contributed by atoms with Crippen LogP contribution in [0.15, 0.2) is 59.1 Å². The van der Waals surface area contributed by atoms with Gasteiger partial charge in [-0.15, -0.1) is 0 Å². The molecule has 0 aromatic heterocycles. The Morgan fingerprint density at radius 2 is 1.56 bits per heavy atom. The summed E-state index contributed by atoms with van der Waals surface area (Å²) >= 11 is 9.85. The molecule has 0 spiro atoms. The highest BCUT2D eigenvalue weighted by Crippen LogP contribution is 2.37. The highest BCUT2D eigenvalue weighted by molar-refractivity contribution is 9.10. The van der Waals surface area contributed by atoms with E-state index in [1.807, 2.05) is 54.6 Å². The Morgan fingerprint density at radius 3 is 2.28 bits per heavy atom. The van der Waals surface area contributed by atoms with E-state index in [2.05, 4.69) is 21.2 Å². The molecule has 0 aliphatic heterocycles. The number of nitrogens with one attached hydrogen (secondary N) is 1. The number of hydrogen-bond donors (Lipinski definition) is 1. The molecule has 0 heterocycles. The maximum Gasteiger partial charge on any atom is 0.175 e. The number of rotatable bonds is 11. The summed E-state index contributed by atoms with van der Waals surface area (Å²) in [5, 5.41) is 4.15. The monoisotopic (exact) mass is 519 g/mol. The lowest BCUT2D eigenvalue weighted by atomic mass is 10.1. The van der Waals surface area contributed by atoms with Gasteiger partial charge in [-0.2, -0.15) is 0 Å². The third kappa shape index (κ3) is 6.31. The Hall–Kier alpha value is -2.41. The second kappa shape index (κ2) is 12.0. The Balaban J connectivity index is 1.58. The average molecular weight is 521 g/mol. The van der Waals surface area contributed by atoms with Crippen molar-refractivity contribution in [2.24, 2.45) is 0 Å². The average Bonchev–Trinajstić information content (AvgIpc) is 2.81. The minimum Gasteiger partial charge on any atom is -0.493 e. The predicted molar refractivity (Wildman–Crippen MR) is 131 cm³/mol. The fourth-order valence-electron chi connectivity index (χ4n) is 3.28. The zero-order valence-corrected chi connectivity index (χ0v) is 20.8. The number of hydrogen-bond acceptors (Lipinski definition) is 5. The minimum absolute atomic E-state index is 0.359. The summed E-state index contributed by atoms with van der Waals surface area (Å²) < 4.78 is 23.1. The molecule has 0 bridgehead atoms. The molecular weight excluding hydrogens is 494 g/mol. The van der Waals surface area contributed by atoms with E-state index in [4.69, 9.17) is 30.5 Å². The highest BCUT2D eigenvalue weighted by atomic mass is 79.9. The van der Waals surface area contributed by atoms with Gasteiger partial charge < -0.3 is 24.3 Å². The van der Waals surface area contributed by atoms with Crippen molar-refractivity contribution in [3.05, 3.63) is 80.8 Å². The second-order valence-corrected chi connectivity index (χ2v) is 8.37. The van der Waals surface area contributed by atoms with E-state index in [1.54, 1.807) is 21.3 Å². The van der Waals surface area contributed by atoms with E-state index in [0.29, 0.717) is 29.7 Å². The number of benzene rings is 3. The van der Waals surface area contributed by atoms with Gasteiger partial charge >= 0.3 is 0 Å². The van der Waals surface area contributed by atoms with E-state index >= 15 is 0 Å². The maximum absolute atomic E-state index is 6.23. The molecular formula is C25H27BrClNO4. The molecule has 5 nitrogen and oxygen atoms in total. The van der Waals surface area contributed by atoms with Crippen LogP contribution in [0.3, 0.4) is 0 Å². The molecule has 0 aliphatic carbocycles. The van der Waals surface area contributed by atoms with Crippen molar-refractivity contribution in [3.63, 3.8) is 0 Å². The molecule has 0 fully saturated rings. The first-order chi connectivity index (χ1) is 15.5. The molecule has 170 valence electrons. The van der Waals surface area contributed by atoms with Gasteiger partial charge in [-0.05, 0) is 70.4 Å². The fourth-order valence-corrected chi connectivity index (χ4v) is 4.08. The van der Waals surface area contributed by atoms with Crippen LogP contribution >= 0.6 is 27.5 Å². The summed E-state index contributed by atoms with van der Waals surface area (Å²) in [7, 11) is 4.92. The van der Waals surface area contributed by atoms with E-state index in [-0.39, 0.29) is 0 Å². The van der Waals surface area contributed by atoms with Crippen LogP contribution < -0.4 is 24.3 Å². The van der Waals surface area contributed by atoms with Crippen molar-refractivity contribution >= 4 is 27.5 Å². The predicted octanol–water partition coefficient (Wildman–Crippen LogP) is 6.04. The third-order valence-electron chi connectivity index (χ3n) is 4.99. The van der Waals surface area contributed by atoms with Gasteiger partial charge in [0.1, 0.15) is 6.61 Å². The fraction of sp³-hybridized carbons (Fsp3) is 0.280. The normalized spacial score (nSPS) is 10.7. The zero-order chi connectivity index (χ0) is 22.9. The first-order valence-electron chi connectivity index (χ1n) is 10.2. The van der Waals surface area contributed by atoms with Crippen LogP contribution in [0.4, 0.5) is 0 Å². The molecule has 32 heavy (non-hydrogen) atoms. The number of halogens is 2. The zero-order valence-electron chi connectivity index (χ0n) is 18.4. The minimum atomic E-state index is 0.359. The van der Waals surface area contributed by atoms with E-state index in [1.165, 1.54) is 5.56 Å². The first-order valence-corrected chi connectivity index (χ1v) is 11.4. The van der Waals surface area contributed by atoms with E-state index in [9.17, 15) is 0 Å². The van der Waals surface area contributed by atoms with Gasteiger partial charge in [0, 0.05) is 17.1 Å². The van der Waals surface area contributed by atoms with Gasteiger partial charge in [0.05, 0.1) is 25.8 Å². The van der Waals surface area contributed by atoms with Crippen LogP contribution in [0.25, 0.3) is 0 Å². The largest absolute Gasteiger partial charge is 0.493 e. The smallest absolute Gasteiger partial charge is 0.175 e. The molecule has 7 heteroatoms. The Labute approximate surface area is 202 Å². The lowest BCUT2D eigenvalue weighted by Crippen LogP contribution is -2.17. The van der Waals surface area contributed by atoms with Crippen LogP contribution in [0, 0.1) is 0 Å². The van der Waals surface area contributed by atoms with E-state index in [0.717, 1.165) is 40.1 Å².